The maximum Gasteiger partial charge on any atom is 0.316 e. The Kier molecular flexibility index (Phi) is 5.48. The number of nitrogen functional groups attached to an aromatic ring is 1. The number of hydrogen-bond donors (Lipinski definition) is 2. The average molecular weight is 323 g/mol. The van der Waals surface area contributed by atoms with Crippen LogP contribution in [-0.2, 0) is 16.1 Å². The number of aromatic nitrogens is 3. The third-order valence-corrected chi connectivity index (χ3v) is 3.74. The number of anilines is 1. The van der Waals surface area contributed by atoms with Crippen LogP contribution < -0.4 is 15.9 Å². The summed E-state index contributed by atoms with van der Waals surface area (Å²) in [5, 5.41) is 11.6. The van der Waals surface area contributed by atoms with Crippen LogP contribution in [0.15, 0.2) is 29.4 Å². The number of nitrogens with zero attached hydrogens (tertiary/aromatic N) is 3. The van der Waals surface area contributed by atoms with E-state index in [0.29, 0.717) is 17.5 Å². The predicted molar refractivity (Wildman–Crippen MR) is 83.2 cm³/mol. The maximum atomic E-state index is 11.1. The topological polar surface area (TPSA) is 104 Å². The summed E-state index contributed by atoms with van der Waals surface area (Å²) in [5.41, 5.74) is 0.910. The molecule has 0 fully saturated rings. The fraction of sp³-hybridized carbons (Fsp3) is 0.308. The monoisotopic (exact) mass is 323 g/mol. The van der Waals surface area contributed by atoms with E-state index in [2.05, 4.69) is 20.3 Å². The molecular weight excluding hydrogens is 306 g/mol. The second-order valence-corrected chi connectivity index (χ2v) is 5.16. The van der Waals surface area contributed by atoms with E-state index in [-0.39, 0.29) is 11.7 Å². The second-order valence-electron chi connectivity index (χ2n) is 4.22. The number of hydrogen-bond acceptors (Lipinski definition) is 8. The van der Waals surface area contributed by atoms with Crippen molar-refractivity contribution in [3.05, 3.63) is 30.1 Å². The first-order valence-electron chi connectivity index (χ1n) is 6.41. The number of methoxy groups -OCH3 is 2. The van der Waals surface area contributed by atoms with Gasteiger partial charge in [-0.2, -0.15) is 0 Å². The Morgan fingerprint density at radius 2 is 2.05 bits per heavy atom. The van der Waals surface area contributed by atoms with Crippen LogP contribution in [0.25, 0.3) is 0 Å². The molecule has 2 aromatic rings. The van der Waals surface area contributed by atoms with Crippen LogP contribution >= 0.6 is 11.8 Å². The molecule has 0 aliphatic rings. The van der Waals surface area contributed by atoms with Crippen LogP contribution in [0.3, 0.4) is 0 Å². The molecule has 2 rings (SSSR count). The zero-order valence-electron chi connectivity index (χ0n) is 12.3. The summed E-state index contributed by atoms with van der Waals surface area (Å²) < 4.78 is 11.0. The maximum absolute atomic E-state index is 11.1. The van der Waals surface area contributed by atoms with Gasteiger partial charge < -0.3 is 20.6 Å². The van der Waals surface area contributed by atoms with E-state index in [4.69, 9.17) is 10.6 Å². The van der Waals surface area contributed by atoms with Gasteiger partial charge in [-0.1, -0.05) is 11.8 Å². The number of nitrogens with two attached hydrogens (primary N) is 1. The highest BCUT2D eigenvalue weighted by atomic mass is 32.2. The van der Waals surface area contributed by atoms with Crippen LogP contribution in [0.5, 0.6) is 5.75 Å². The first-order chi connectivity index (χ1) is 10.6. The van der Waals surface area contributed by atoms with Gasteiger partial charge in [0.05, 0.1) is 26.5 Å². The summed E-state index contributed by atoms with van der Waals surface area (Å²) >= 11 is 1.17. The van der Waals surface area contributed by atoms with Gasteiger partial charge in [-0.15, -0.1) is 10.2 Å². The molecule has 22 heavy (non-hydrogen) atoms. The van der Waals surface area contributed by atoms with E-state index >= 15 is 0 Å². The molecule has 0 aliphatic carbocycles. The van der Waals surface area contributed by atoms with E-state index in [9.17, 15) is 4.79 Å². The molecule has 1 heterocycles. The van der Waals surface area contributed by atoms with Gasteiger partial charge in [-0.3, -0.25) is 4.79 Å². The third-order valence-electron chi connectivity index (χ3n) is 2.82. The third kappa shape index (κ3) is 4.04. The molecule has 0 atom stereocenters. The molecule has 118 valence electrons. The Balaban J connectivity index is 1.92. The summed E-state index contributed by atoms with van der Waals surface area (Å²) in [6, 6.07) is 7.49. The van der Waals surface area contributed by atoms with Gasteiger partial charge in [0.2, 0.25) is 5.16 Å². The molecule has 0 unspecified atom stereocenters. The van der Waals surface area contributed by atoms with E-state index in [1.165, 1.54) is 23.5 Å². The van der Waals surface area contributed by atoms with Crippen LogP contribution in [-0.4, -0.2) is 40.8 Å². The summed E-state index contributed by atoms with van der Waals surface area (Å²) in [6.45, 7) is 0.411. The number of rotatable bonds is 7. The van der Waals surface area contributed by atoms with Crippen LogP contribution in [0.2, 0.25) is 0 Å². The minimum Gasteiger partial charge on any atom is -0.497 e. The normalized spacial score (nSPS) is 10.3. The number of thioether (sulfide) groups is 1. The quantitative estimate of drug-likeness (QED) is 0.439. The zero-order valence-corrected chi connectivity index (χ0v) is 13.1. The minimum atomic E-state index is -0.342. The fourth-order valence-electron chi connectivity index (χ4n) is 1.60. The van der Waals surface area contributed by atoms with Crippen molar-refractivity contribution in [1.82, 2.24) is 14.9 Å². The second kappa shape index (κ2) is 7.55. The van der Waals surface area contributed by atoms with Gasteiger partial charge in [0.25, 0.3) is 0 Å². The molecule has 1 aromatic heterocycles. The highest BCUT2D eigenvalue weighted by Crippen LogP contribution is 2.17. The van der Waals surface area contributed by atoms with Gasteiger partial charge in [0, 0.05) is 5.69 Å². The molecule has 0 saturated carbocycles. The molecule has 3 N–H and O–H groups in total. The van der Waals surface area contributed by atoms with Crippen molar-refractivity contribution < 1.29 is 14.3 Å². The Hall–Kier alpha value is -2.42. The molecule has 9 heteroatoms. The van der Waals surface area contributed by atoms with E-state index in [1.54, 1.807) is 7.11 Å². The van der Waals surface area contributed by atoms with Crippen molar-refractivity contribution >= 4 is 23.4 Å². The molecule has 0 saturated heterocycles. The highest BCUT2D eigenvalue weighted by molar-refractivity contribution is 7.99. The lowest BCUT2D eigenvalue weighted by Gasteiger charge is -2.07. The Morgan fingerprint density at radius 3 is 2.68 bits per heavy atom. The van der Waals surface area contributed by atoms with E-state index < -0.39 is 0 Å². The number of esters is 1. The van der Waals surface area contributed by atoms with Crippen molar-refractivity contribution in [3.8, 4) is 5.75 Å². The molecular formula is C13H17N5O3S. The van der Waals surface area contributed by atoms with E-state index in [0.717, 1.165) is 11.4 Å². The van der Waals surface area contributed by atoms with E-state index in [1.807, 2.05) is 24.3 Å². The number of carbonyl (C=O) groups is 1. The van der Waals surface area contributed by atoms with Gasteiger partial charge in [0.15, 0.2) is 5.82 Å². The van der Waals surface area contributed by atoms with Gasteiger partial charge in [0.1, 0.15) is 5.75 Å². The van der Waals surface area contributed by atoms with Crippen molar-refractivity contribution in [3.63, 3.8) is 0 Å². The lowest BCUT2D eigenvalue weighted by atomic mass is 10.3. The smallest absolute Gasteiger partial charge is 0.316 e. The molecule has 0 bridgehead atoms. The summed E-state index contributed by atoms with van der Waals surface area (Å²) in [5.74, 6) is 7.04. The van der Waals surface area contributed by atoms with Crippen molar-refractivity contribution in [1.29, 1.82) is 0 Å². The summed E-state index contributed by atoms with van der Waals surface area (Å²) in [4.78, 5) is 11.1. The van der Waals surface area contributed by atoms with Crippen LogP contribution in [0.4, 0.5) is 5.69 Å². The van der Waals surface area contributed by atoms with Crippen LogP contribution in [0.1, 0.15) is 5.82 Å². The SMILES string of the molecule is COC(=O)CSc1nnc(CNc2ccc(OC)cc2)n1N. The largest absolute Gasteiger partial charge is 0.497 e. The standard InChI is InChI=1S/C13H17N5O3S/c1-20-10-5-3-9(4-6-10)15-7-11-16-17-13(18(11)14)22-8-12(19)21-2/h3-6,15H,7-8,14H2,1-2H3. The van der Waals surface area contributed by atoms with Crippen molar-refractivity contribution in [2.75, 3.05) is 31.1 Å². The molecule has 0 aliphatic heterocycles. The van der Waals surface area contributed by atoms with Gasteiger partial charge >= 0.3 is 5.97 Å². The van der Waals surface area contributed by atoms with Crippen molar-refractivity contribution in [2.45, 2.75) is 11.7 Å². The molecule has 8 nitrogen and oxygen atoms in total. The first kappa shape index (κ1) is 16.0. The molecule has 0 radical (unpaired) electrons. The number of nitrogens with one attached hydrogen (secondary N) is 1. The van der Waals surface area contributed by atoms with Crippen LogP contribution in [0, 0.1) is 0 Å². The number of benzene rings is 1. The Morgan fingerprint density at radius 1 is 1.32 bits per heavy atom. The Bertz CT molecular complexity index is 629. The summed E-state index contributed by atoms with van der Waals surface area (Å²) in [7, 11) is 2.95. The minimum absolute atomic E-state index is 0.137. The zero-order chi connectivity index (χ0) is 15.9. The lowest BCUT2D eigenvalue weighted by molar-refractivity contribution is -0.137. The molecule has 0 amide bonds. The molecule has 0 spiro atoms. The predicted octanol–water partition coefficient (Wildman–Crippen LogP) is 0.878. The average Bonchev–Trinajstić information content (AvgIpc) is 2.91. The van der Waals surface area contributed by atoms with Gasteiger partial charge in [-0.25, -0.2) is 4.68 Å². The first-order valence-corrected chi connectivity index (χ1v) is 7.39. The fourth-order valence-corrected chi connectivity index (χ4v) is 2.31. The van der Waals surface area contributed by atoms with Crippen molar-refractivity contribution in [2.24, 2.45) is 0 Å². The number of carbonyl (C=O) groups excluding carboxylic acids is 1. The van der Waals surface area contributed by atoms with Gasteiger partial charge in [-0.05, 0) is 24.3 Å². The lowest BCUT2D eigenvalue weighted by Crippen LogP contribution is -2.17. The summed E-state index contributed by atoms with van der Waals surface area (Å²) in [6.07, 6.45) is 0. The number of ether oxygens (including phenoxy) is 2. The molecule has 1 aromatic carbocycles. The highest BCUT2D eigenvalue weighted by Gasteiger charge is 2.12. The Labute approximate surface area is 132 Å².